The summed E-state index contributed by atoms with van der Waals surface area (Å²) in [6.07, 6.45) is 0.602. The van der Waals surface area contributed by atoms with Crippen LogP contribution in [0.25, 0.3) is 10.8 Å². The first kappa shape index (κ1) is 20.3. The third-order valence-corrected chi connectivity index (χ3v) is 6.66. The molecule has 0 aromatic heterocycles. The lowest BCUT2D eigenvalue weighted by atomic mass is 10.1. The second-order valence-corrected chi connectivity index (χ2v) is 9.65. The zero-order valence-corrected chi connectivity index (χ0v) is 16.7. The number of carbonyl (C=O) groups is 2. The standard InChI is InChI=1S/C20H25N3O4S/c1-23(12-15-6-7-17-4-2-3-5-18(17)10-15)13-20(25)22-21-19(24)11-16-8-9-28(26,27)14-16/h2-7,10,16H,8-9,11-14H2,1H3,(H,21,24)(H,22,25)/t16-/m0/s1. The summed E-state index contributed by atoms with van der Waals surface area (Å²) in [4.78, 5) is 25.8. The predicted octanol–water partition coefficient (Wildman–Crippen LogP) is 1.24. The monoisotopic (exact) mass is 403 g/mol. The molecule has 7 nitrogen and oxygen atoms in total. The van der Waals surface area contributed by atoms with Gasteiger partial charge in [-0.25, -0.2) is 8.42 Å². The van der Waals surface area contributed by atoms with E-state index in [1.165, 1.54) is 5.39 Å². The van der Waals surface area contributed by atoms with Crippen LogP contribution in [0.2, 0.25) is 0 Å². The molecule has 0 spiro atoms. The molecule has 1 aliphatic heterocycles. The van der Waals surface area contributed by atoms with Crippen LogP contribution >= 0.6 is 0 Å². The van der Waals surface area contributed by atoms with Crippen LogP contribution in [0.15, 0.2) is 42.5 Å². The van der Waals surface area contributed by atoms with Gasteiger partial charge >= 0.3 is 0 Å². The van der Waals surface area contributed by atoms with E-state index >= 15 is 0 Å². The molecule has 150 valence electrons. The molecule has 1 fully saturated rings. The highest BCUT2D eigenvalue weighted by molar-refractivity contribution is 7.91. The maximum absolute atomic E-state index is 12.0. The fourth-order valence-corrected chi connectivity index (χ4v) is 5.34. The van der Waals surface area contributed by atoms with E-state index in [0.717, 1.165) is 10.9 Å². The molecule has 1 atom stereocenters. The van der Waals surface area contributed by atoms with Gasteiger partial charge in [-0.05, 0) is 41.8 Å². The first-order chi connectivity index (χ1) is 13.3. The number of rotatable bonds is 6. The fraction of sp³-hybridized carbons (Fsp3) is 0.400. The summed E-state index contributed by atoms with van der Waals surface area (Å²) in [7, 11) is -1.17. The molecule has 0 unspecified atom stereocenters. The fourth-order valence-electron chi connectivity index (χ4n) is 3.48. The van der Waals surface area contributed by atoms with Gasteiger partial charge in [0.05, 0.1) is 18.1 Å². The van der Waals surface area contributed by atoms with Crippen molar-refractivity contribution in [2.75, 3.05) is 25.1 Å². The van der Waals surface area contributed by atoms with E-state index < -0.39 is 9.84 Å². The second-order valence-electron chi connectivity index (χ2n) is 7.42. The third kappa shape index (κ3) is 5.77. The van der Waals surface area contributed by atoms with Crippen molar-refractivity contribution in [2.24, 2.45) is 5.92 Å². The summed E-state index contributed by atoms with van der Waals surface area (Å²) >= 11 is 0. The third-order valence-electron chi connectivity index (χ3n) is 4.82. The van der Waals surface area contributed by atoms with E-state index in [-0.39, 0.29) is 42.2 Å². The molecule has 1 saturated heterocycles. The number of likely N-dealkylation sites (N-methyl/N-ethyl adjacent to an activating group) is 1. The normalized spacial score (nSPS) is 18.3. The first-order valence-electron chi connectivity index (χ1n) is 9.25. The van der Waals surface area contributed by atoms with Crippen molar-refractivity contribution < 1.29 is 18.0 Å². The maximum atomic E-state index is 12.0. The van der Waals surface area contributed by atoms with E-state index in [9.17, 15) is 18.0 Å². The summed E-state index contributed by atoms with van der Waals surface area (Å²) in [5.41, 5.74) is 5.86. The van der Waals surface area contributed by atoms with Gasteiger partial charge < -0.3 is 0 Å². The average Bonchev–Trinajstić information content (AvgIpc) is 2.98. The Bertz CT molecular complexity index is 974. The molecule has 0 bridgehead atoms. The van der Waals surface area contributed by atoms with Crippen molar-refractivity contribution >= 4 is 32.4 Å². The van der Waals surface area contributed by atoms with E-state index in [2.05, 4.69) is 35.1 Å². The Labute approximate surface area is 165 Å². The maximum Gasteiger partial charge on any atom is 0.252 e. The van der Waals surface area contributed by atoms with Gasteiger partial charge in [-0.1, -0.05) is 36.4 Å². The number of amides is 2. The SMILES string of the molecule is CN(CC(=O)NNC(=O)C[C@@H]1CCS(=O)(=O)C1)Cc1ccc2ccccc2c1. The van der Waals surface area contributed by atoms with E-state index in [1.807, 2.05) is 30.1 Å². The Balaban J connectivity index is 1.41. The topological polar surface area (TPSA) is 95.6 Å². The van der Waals surface area contributed by atoms with Crippen molar-refractivity contribution in [3.63, 3.8) is 0 Å². The molecule has 0 aliphatic carbocycles. The van der Waals surface area contributed by atoms with Crippen LogP contribution in [0.4, 0.5) is 0 Å². The zero-order valence-electron chi connectivity index (χ0n) is 15.8. The minimum absolute atomic E-state index is 0.0445. The van der Waals surface area contributed by atoms with Gasteiger partial charge in [0.25, 0.3) is 5.91 Å². The van der Waals surface area contributed by atoms with E-state index in [4.69, 9.17) is 0 Å². The Kier molecular flexibility index (Phi) is 6.31. The molecule has 0 saturated carbocycles. The number of hydrazine groups is 1. The zero-order chi connectivity index (χ0) is 20.1. The number of sulfone groups is 1. The van der Waals surface area contributed by atoms with Crippen LogP contribution < -0.4 is 10.9 Å². The highest BCUT2D eigenvalue weighted by Crippen LogP contribution is 2.21. The molecule has 2 amide bonds. The van der Waals surface area contributed by atoms with Crippen LogP contribution in [0, 0.1) is 5.92 Å². The smallest absolute Gasteiger partial charge is 0.252 e. The summed E-state index contributed by atoms with van der Waals surface area (Å²) in [6.45, 7) is 0.733. The average molecular weight is 404 g/mol. The molecule has 2 aromatic rings. The lowest BCUT2D eigenvalue weighted by molar-refractivity contribution is -0.129. The largest absolute Gasteiger partial charge is 0.293 e. The summed E-state index contributed by atoms with van der Waals surface area (Å²) in [5.74, 6) is -0.680. The highest BCUT2D eigenvalue weighted by Gasteiger charge is 2.29. The molecular weight excluding hydrogens is 378 g/mol. The Morgan fingerprint density at radius 2 is 1.79 bits per heavy atom. The minimum Gasteiger partial charge on any atom is -0.293 e. The van der Waals surface area contributed by atoms with Crippen molar-refractivity contribution in [3.8, 4) is 0 Å². The number of hydrogen-bond donors (Lipinski definition) is 2. The summed E-state index contributed by atoms with van der Waals surface area (Å²) in [6, 6.07) is 14.3. The van der Waals surface area contributed by atoms with Crippen LogP contribution in [-0.4, -0.2) is 50.2 Å². The lowest BCUT2D eigenvalue weighted by Crippen LogP contribution is -2.46. The summed E-state index contributed by atoms with van der Waals surface area (Å²) < 4.78 is 22.9. The second kappa shape index (κ2) is 8.70. The number of fused-ring (bicyclic) bond motifs is 1. The van der Waals surface area contributed by atoms with Crippen LogP contribution in [-0.2, 0) is 26.0 Å². The number of carbonyl (C=O) groups excluding carboxylic acids is 2. The number of nitrogens with zero attached hydrogens (tertiary/aromatic N) is 1. The van der Waals surface area contributed by atoms with Crippen molar-refractivity contribution in [3.05, 3.63) is 48.0 Å². The summed E-state index contributed by atoms with van der Waals surface area (Å²) in [5, 5.41) is 2.32. The first-order valence-corrected chi connectivity index (χ1v) is 11.1. The molecule has 28 heavy (non-hydrogen) atoms. The van der Waals surface area contributed by atoms with E-state index in [0.29, 0.717) is 13.0 Å². The van der Waals surface area contributed by atoms with Crippen molar-refractivity contribution in [2.45, 2.75) is 19.4 Å². The van der Waals surface area contributed by atoms with Gasteiger partial charge in [-0.3, -0.25) is 25.3 Å². The minimum atomic E-state index is -3.01. The lowest BCUT2D eigenvalue weighted by Gasteiger charge is -2.17. The number of hydrogen-bond acceptors (Lipinski definition) is 5. The molecule has 1 heterocycles. The molecule has 3 rings (SSSR count). The van der Waals surface area contributed by atoms with Crippen LogP contribution in [0.5, 0.6) is 0 Å². The van der Waals surface area contributed by atoms with Gasteiger partial charge in [0.2, 0.25) is 5.91 Å². The molecule has 8 heteroatoms. The molecular formula is C20H25N3O4S. The Morgan fingerprint density at radius 1 is 1.07 bits per heavy atom. The van der Waals surface area contributed by atoms with Crippen molar-refractivity contribution in [1.82, 2.24) is 15.8 Å². The molecule has 2 aromatic carbocycles. The Morgan fingerprint density at radius 3 is 2.50 bits per heavy atom. The molecule has 0 radical (unpaired) electrons. The molecule has 1 aliphatic rings. The van der Waals surface area contributed by atoms with Crippen LogP contribution in [0.3, 0.4) is 0 Å². The van der Waals surface area contributed by atoms with Gasteiger partial charge in [0.1, 0.15) is 0 Å². The van der Waals surface area contributed by atoms with Crippen molar-refractivity contribution in [1.29, 1.82) is 0 Å². The van der Waals surface area contributed by atoms with E-state index in [1.54, 1.807) is 0 Å². The number of nitrogens with one attached hydrogen (secondary N) is 2. The Hall–Kier alpha value is -2.45. The highest BCUT2D eigenvalue weighted by atomic mass is 32.2. The van der Waals surface area contributed by atoms with Gasteiger partial charge in [0, 0.05) is 13.0 Å². The quantitative estimate of drug-likeness (QED) is 0.708. The predicted molar refractivity (Wildman–Crippen MR) is 108 cm³/mol. The van der Waals surface area contributed by atoms with Crippen LogP contribution in [0.1, 0.15) is 18.4 Å². The number of benzene rings is 2. The van der Waals surface area contributed by atoms with Gasteiger partial charge in [-0.15, -0.1) is 0 Å². The van der Waals surface area contributed by atoms with Gasteiger partial charge in [0.15, 0.2) is 9.84 Å². The molecule has 2 N–H and O–H groups in total. The van der Waals surface area contributed by atoms with Gasteiger partial charge in [-0.2, -0.15) is 0 Å².